The smallest absolute Gasteiger partial charge is 0.251 e. The van der Waals surface area contributed by atoms with Gasteiger partial charge in [0.15, 0.2) is 11.9 Å². The van der Waals surface area contributed by atoms with Crippen LogP contribution in [0, 0.1) is 0 Å². The second-order valence-corrected chi connectivity index (χ2v) is 4.37. The molecule has 6 nitrogen and oxygen atoms in total. The number of ketones is 1. The zero-order chi connectivity index (χ0) is 14.7. The Morgan fingerprint density at radius 3 is 2.65 bits per heavy atom. The molecule has 1 aliphatic heterocycles. The summed E-state index contributed by atoms with van der Waals surface area (Å²) in [6.45, 7) is 1.51. The van der Waals surface area contributed by atoms with Crippen molar-refractivity contribution >= 4 is 23.3 Å². The molecule has 2 N–H and O–H groups in total. The van der Waals surface area contributed by atoms with Crippen LogP contribution in [0.5, 0.6) is 5.75 Å². The molecule has 20 heavy (non-hydrogen) atoms. The van der Waals surface area contributed by atoms with E-state index in [0.29, 0.717) is 11.4 Å². The Kier molecular flexibility index (Phi) is 3.84. The first-order chi connectivity index (χ1) is 9.49. The summed E-state index contributed by atoms with van der Waals surface area (Å²) < 4.78 is 5.54. The number of carbonyl (C=O) groups excluding carboxylic acids is 3. The summed E-state index contributed by atoms with van der Waals surface area (Å²) in [5.74, 6) is -0.843. The Labute approximate surface area is 115 Å². The summed E-state index contributed by atoms with van der Waals surface area (Å²) in [6.07, 6.45) is 1.36. The van der Waals surface area contributed by atoms with E-state index in [4.69, 9.17) is 10.5 Å². The summed E-state index contributed by atoms with van der Waals surface area (Å²) >= 11 is 0. The van der Waals surface area contributed by atoms with E-state index in [-0.39, 0.29) is 12.3 Å². The van der Waals surface area contributed by atoms with Crippen LogP contribution in [0.1, 0.15) is 6.92 Å². The highest BCUT2D eigenvalue weighted by atomic mass is 16.5. The van der Waals surface area contributed by atoms with E-state index in [1.807, 2.05) is 0 Å². The van der Waals surface area contributed by atoms with Gasteiger partial charge in [-0.2, -0.15) is 0 Å². The molecule has 6 heteroatoms. The molecule has 0 saturated carbocycles. The monoisotopic (exact) mass is 274 g/mol. The third-order valence-corrected chi connectivity index (χ3v) is 2.88. The molecule has 2 amide bonds. The van der Waals surface area contributed by atoms with Crippen LogP contribution in [0.15, 0.2) is 36.4 Å². The predicted molar refractivity (Wildman–Crippen MR) is 72.2 cm³/mol. The third kappa shape index (κ3) is 2.85. The standard InChI is InChI=1S/C14H14N2O4/c1-9(17)12-8-16(14(19)7-6-13(15)18)10-4-2-3-5-11(10)20-12/h2-7,12H,8H2,1H3,(H2,15,18)/b7-6+. The number of hydrogen-bond acceptors (Lipinski definition) is 4. The van der Waals surface area contributed by atoms with Gasteiger partial charge < -0.3 is 15.4 Å². The number of Topliss-reactive ketones (excluding diaryl/α,β-unsaturated/α-hetero) is 1. The highest BCUT2D eigenvalue weighted by Gasteiger charge is 2.30. The first-order valence-corrected chi connectivity index (χ1v) is 6.04. The molecule has 2 rings (SSSR count). The number of primary amides is 1. The molecule has 1 aliphatic rings. The van der Waals surface area contributed by atoms with Crippen molar-refractivity contribution in [2.75, 3.05) is 11.4 Å². The van der Waals surface area contributed by atoms with Crippen LogP contribution in [0.4, 0.5) is 5.69 Å². The molecule has 1 aromatic rings. The van der Waals surface area contributed by atoms with Crippen LogP contribution in [0.2, 0.25) is 0 Å². The summed E-state index contributed by atoms with van der Waals surface area (Å²) in [5, 5.41) is 0. The molecule has 104 valence electrons. The van der Waals surface area contributed by atoms with Gasteiger partial charge in [-0.15, -0.1) is 0 Å². The third-order valence-electron chi connectivity index (χ3n) is 2.88. The van der Waals surface area contributed by atoms with Crippen LogP contribution < -0.4 is 15.4 Å². The maximum absolute atomic E-state index is 12.1. The molecule has 1 aromatic carbocycles. The Balaban J connectivity index is 2.33. The molecule has 0 spiro atoms. The predicted octanol–water partition coefficient (Wildman–Crippen LogP) is 0.411. The fourth-order valence-electron chi connectivity index (χ4n) is 1.90. The quantitative estimate of drug-likeness (QED) is 0.808. The SMILES string of the molecule is CC(=O)C1CN(C(=O)/C=C/C(N)=O)c2ccccc2O1. The molecule has 1 atom stereocenters. The molecule has 0 aliphatic carbocycles. The lowest BCUT2D eigenvalue weighted by atomic mass is 10.1. The van der Waals surface area contributed by atoms with Crippen molar-refractivity contribution in [3.8, 4) is 5.75 Å². The van der Waals surface area contributed by atoms with Crippen molar-refractivity contribution in [3.05, 3.63) is 36.4 Å². The first-order valence-electron chi connectivity index (χ1n) is 6.04. The highest BCUT2D eigenvalue weighted by Crippen LogP contribution is 2.33. The van der Waals surface area contributed by atoms with E-state index >= 15 is 0 Å². The fraction of sp³-hybridized carbons (Fsp3) is 0.214. The topological polar surface area (TPSA) is 89.7 Å². The second-order valence-electron chi connectivity index (χ2n) is 4.37. The van der Waals surface area contributed by atoms with Crippen molar-refractivity contribution in [3.63, 3.8) is 0 Å². The van der Waals surface area contributed by atoms with E-state index in [2.05, 4.69) is 0 Å². The number of rotatable bonds is 3. The number of ether oxygens (including phenoxy) is 1. The fourth-order valence-corrected chi connectivity index (χ4v) is 1.90. The van der Waals surface area contributed by atoms with Gasteiger partial charge in [-0.25, -0.2) is 0 Å². The van der Waals surface area contributed by atoms with Crippen LogP contribution in [0.25, 0.3) is 0 Å². The van der Waals surface area contributed by atoms with E-state index in [0.717, 1.165) is 12.2 Å². The minimum atomic E-state index is -0.712. The van der Waals surface area contributed by atoms with Crippen LogP contribution in [-0.4, -0.2) is 30.2 Å². The first kappa shape index (κ1) is 13.8. The van der Waals surface area contributed by atoms with Crippen molar-refractivity contribution in [2.45, 2.75) is 13.0 Å². The van der Waals surface area contributed by atoms with Gasteiger partial charge in [0.1, 0.15) is 5.75 Å². The van der Waals surface area contributed by atoms with E-state index < -0.39 is 17.9 Å². The van der Waals surface area contributed by atoms with Gasteiger partial charge in [0.2, 0.25) is 5.91 Å². The number of nitrogens with zero attached hydrogens (tertiary/aromatic N) is 1. The number of hydrogen-bond donors (Lipinski definition) is 1. The van der Waals surface area contributed by atoms with Gasteiger partial charge >= 0.3 is 0 Å². The normalized spacial score (nSPS) is 17.4. The lowest BCUT2D eigenvalue weighted by Crippen LogP contribution is -2.46. The Morgan fingerprint density at radius 2 is 2.00 bits per heavy atom. The van der Waals surface area contributed by atoms with Gasteiger partial charge in [-0.05, 0) is 19.1 Å². The minimum Gasteiger partial charge on any atom is -0.479 e. The van der Waals surface area contributed by atoms with Gasteiger partial charge in [-0.1, -0.05) is 12.1 Å². The Hall–Kier alpha value is -2.63. The average molecular weight is 274 g/mol. The van der Waals surface area contributed by atoms with Crippen LogP contribution in [-0.2, 0) is 14.4 Å². The lowest BCUT2D eigenvalue weighted by molar-refractivity contribution is -0.124. The van der Waals surface area contributed by atoms with Gasteiger partial charge in [-0.3, -0.25) is 14.4 Å². The number of anilines is 1. The van der Waals surface area contributed by atoms with Crippen LogP contribution >= 0.6 is 0 Å². The minimum absolute atomic E-state index is 0.105. The van der Waals surface area contributed by atoms with Crippen molar-refractivity contribution in [1.82, 2.24) is 0 Å². The molecular weight excluding hydrogens is 260 g/mol. The summed E-state index contributed by atoms with van der Waals surface area (Å²) in [5.41, 5.74) is 5.52. The second kappa shape index (κ2) is 5.56. The summed E-state index contributed by atoms with van der Waals surface area (Å²) in [6, 6.07) is 6.90. The Bertz CT molecular complexity index is 595. The molecule has 1 heterocycles. The van der Waals surface area contributed by atoms with Crippen molar-refractivity contribution in [2.24, 2.45) is 5.73 Å². The molecule has 1 unspecified atom stereocenters. The number of fused-ring (bicyclic) bond motifs is 1. The van der Waals surface area contributed by atoms with Gasteiger partial charge in [0, 0.05) is 12.2 Å². The molecule has 0 saturated heterocycles. The van der Waals surface area contributed by atoms with E-state index in [1.165, 1.54) is 11.8 Å². The van der Waals surface area contributed by atoms with Crippen molar-refractivity contribution in [1.29, 1.82) is 0 Å². The Morgan fingerprint density at radius 1 is 1.30 bits per heavy atom. The maximum atomic E-state index is 12.1. The number of carbonyl (C=O) groups is 3. The van der Waals surface area contributed by atoms with Crippen LogP contribution in [0.3, 0.4) is 0 Å². The average Bonchev–Trinajstić information content (AvgIpc) is 2.43. The highest BCUT2D eigenvalue weighted by molar-refractivity contribution is 6.06. The number of amides is 2. The maximum Gasteiger partial charge on any atom is 0.251 e. The van der Waals surface area contributed by atoms with Gasteiger partial charge in [0.25, 0.3) is 5.91 Å². The van der Waals surface area contributed by atoms with Crippen molar-refractivity contribution < 1.29 is 19.1 Å². The molecule has 0 bridgehead atoms. The lowest BCUT2D eigenvalue weighted by Gasteiger charge is -2.33. The molecule has 0 aromatic heterocycles. The largest absolute Gasteiger partial charge is 0.479 e. The van der Waals surface area contributed by atoms with E-state index in [1.54, 1.807) is 24.3 Å². The number of benzene rings is 1. The number of para-hydroxylation sites is 2. The summed E-state index contributed by atoms with van der Waals surface area (Å²) in [7, 11) is 0. The molecule has 0 radical (unpaired) electrons. The molecule has 0 fully saturated rings. The zero-order valence-electron chi connectivity index (χ0n) is 10.9. The van der Waals surface area contributed by atoms with Gasteiger partial charge in [0.05, 0.1) is 12.2 Å². The molecular formula is C14H14N2O4. The van der Waals surface area contributed by atoms with E-state index in [9.17, 15) is 14.4 Å². The zero-order valence-corrected chi connectivity index (χ0v) is 10.9. The summed E-state index contributed by atoms with van der Waals surface area (Å²) in [4.78, 5) is 35.7. The number of nitrogens with two attached hydrogens (primary N) is 1.